The molecule has 1 saturated heterocycles. The summed E-state index contributed by atoms with van der Waals surface area (Å²) in [7, 11) is 0. The normalized spacial score (nSPS) is 22.8. The zero-order valence-electron chi connectivity index (χ0n) is 10.6. The van der Waals surface area contributed by atoms with Crippen LogP contribution in [0, 0.1) is 11.3 Å². The summed E-state index contributed by atoms with van der Waals surface area (Å²) in [6.07, 6.45) is 1.10. The van der Waals surface area contributed by atoms with Gasteiger partial charge in [0.05, 0.1) is 29.1 Å². The largest absolute Gasteiger partial charge is 0.376 e. The molecule has 0 spiro atoms. The number of benzene rings is 1. The van der Waals surface area contributed by atoms with E-state index in [2.05, 4.69) is 22.5 Å². The summed E-state index contributed by atoms with van der Waals surface area (Å²) >= 11 is 6.02. The SMILES string of the molecule is CC1OCCC1n1c(CCl)nc2c(C#N)cccc21. The first kappa shape index (κ1) is 12.5. The van der Waals surface area contributed by atoms with Crippen LogP contribution in [0.1, 0.15) is 30.8 Å². The quantitative estimate of drug-likeness (QED) is 0.792. The van der Waals surface area contributed by atoms with Crippen LogP contribution in [0.3, 0.4) is 0 Å². The summed E-state index contributed by atoms with van der Waals surface area (Å²) in [6, 6.07) is 8.09. The van der Waals surface area contributed by atoms with Crippen molar-refractivity contribution in [3.05, 3.63) is 29.6 Å². The summed E-state index contributed by atoms with van der Waals surface area (Å²) in [5, 5.41) is 9.17. The van der Waals surface area contributed by atoms with Gasteiger partial charge in [0.2, 0.25) is 0 Å². The Morgan fingerprint density at radius 1 is 1.58 bits per heavy atom. The van der Waals surface area contributed by atoms with Crippen LogP contribution in [0.25, 0.3) is 11.0 Å². The van der Waals surface area contributed by atoms with E-state index < -0.39 is 0 Å². The zero-order chi connectivity index (χ0) is 13.4. The van der Waals surface area contributed by atoms with E-state index in [1.807, 2.05) is 12.1 Å². The minimum Gasteiger partial charge on any atom is -0.376 e. The molecule has 0 saturated carbocycles. The lowest BCUT2D eigenvalue weighted by molar-refractivity contribution is 0.108. The van der Waals surface area contributed by atoms with Crippen molar-refractivity contribution in [2.45, 2.75) is 31.4 Å². The minimum atomic E-state index is 0.144. The fraction of sp³-hybridized carbons (Fsp3) is 0.429. The molecular formula is C14H14ClN3O. The highest BCUT2D eigenvalue weighted by Crippen LogP contribution is 2.32. The monoisotopic (exact) mass is 275 g/mol. The number of aromatic nitrogens is 2. The Kier molecular flexibility index (Phi) is 3.17. The highest BCUT2D eigenvalue weighted by atomic mass is 35.5. The number of nitriles is 1. The minimum absolute atomic E-state index is 0.144. The second-order valence-electron chi connectivity index (χ2n) is 4.75. The maximum atomic E-state index is 9.17. The third kappa shape index (κ3) is 1.90. The molecule has 19 heavy (non-hydrogen) atoms. The molecule has 1 aromatic heterocycles. The molecule has 1 aromatic carbocycles. The van der Waals surface area contributed by atoms with E-state index in [1.165, 1.54) is 0 Å². The molecule has 0 amide bonds. The lowest BCUT2D eigenvalue weighted by Gasteiger charge is -2.19. The predicted octanol–water partition coefficient (Wildman–Crippen LogP) is 3.00. The van der Waals surface area contributed by atoms with Gasteiger partial charge >= 0.3 is 0 Å². The van der Waals surface area contributed by atoms with Crippen LogP contribution in [-0.4, -0.2) is 22.3 Å². The third-order valence-electron chi connectivity index (χ3n) is 3.70. The molecule has 1 aliphatic heterocycles. The van der Waals surface area contributed by atoms with Crippen LogP contribution >= 0.6 is 11.6 Å². The van der Waals surface area contributed by atoms with Crippen LogP contribution in [0.2, 0.25) is 0 Å². The number of fused-ring (bicyclic) bond motifs is 1. The van der Waals surface area contributed by atoms with E-state index in [9.17, 15) is 0 Å². The van der Waals surface area contributed by atoms with Crippen LogP contribution in [0.4, 0.5) is 0 Å². The number of imidazole rings is 1. The highest BCUT2D eigenvalue weighted by Gasteiger charge is 2.29. The predicted molar refractivity (Wildman–Crippen MR) is 73.1 cm³/mol. The van der Waals surface area contributed by atoms with Crippen molar-refractivity contribution in [2.75, 3.05) is 6.61 Å². The number of hydrogen-bond acceptors (Lipinski definition) is 3. The Hall–Kier alpha value is -1.57. The molecule has 5 heteroatoms. The van der Waals surface area contributed by atoms with E-state index in [-0.39, 0.29) is 12.1 Å². The summed E-state index contributed by atoms with van der Waals surface area (Å²) in [5.74, 6) is 1.14. The molecule has 0 aliphatic carbocycles. The number of alkyl halides is 1. The Morgan fingerprint density at radius 2 is 2.42 bits per heavy atom. The third-order valence-corrected chi connectivity index (χ3v) is 3.94. The topological polar surface area (TPSA) is 50.8 Å². The van der Waals surface area contributed by atoms with Gasteiger partial charge in [0.15, 0.2) is 0 Å². The fourth-order valence-electron chi connectivity index (χ4n) is 2.78. The molecule has 3 rings (SSSR count). The zero-order valence-corrected chi connectivity index (χ0v) is 11.4. The first-order chi connectivity index (χ1) is 9.26. The van der Waals surface area contributed by atoms with E-state index >= 15 is 0 Å². The van der Waals surface area contributed by atoms with E-state index in [1.54, 1.807) is 6.07 Å². The molecule has 0 radical (unpaired) electrons. The van der Waals surface area contributed by atoms with Crippen molar-refractivity contribution in [3.8, 4) is 6.07 Å². The van der Waals surface area contributed by atoms with Crippen molar-refractivity contribution in [2.24, 2.45) is 0 Å². The van der Waals surface area contributed by atoms with Crippen LogP contribution in [0.5, 0.6) is 0 Å². The maximum Gasteiger partial charge on any atom is 0.125 e. The summed E-state index contributed by atoms with van der Waals surface area (Å²) in [6.45, 7) is 2.82. The number of nitrogens with zero attached hydrogens (tertiary/aromatic N) is 3. The van der Waals surface area contributed by atoms with Crippen molar-refractivity contribution >= 4 is 22.6 Å². The summed E-state index contributed by atoms with van der Waals surface area (Å²) < 4.78 is 7.78. The van der Waals surface area contributed by atoms with Gasteiger partial charge in [0, 0.05) is 6.61 Å². The number of halogens is 1. The Balaban J connectivity index is 2.25. The van der Waals surface area contributed by atoms with Crippen LogP contribution < -0.4 is 0 Å². The van der Waals surface area contributed by atoms with Gasteiger partial charge in [-0.25, -0.2) is 4.98 Å². The molecule has 98 valence electrons. The molecule has 0 bridgehead atoms. The number of hydrogen-bond donors (Lipinski definition) is 0. The molecule has 2 heterocycles. The van der Waals surface area contributed by atoms with Gasteiger partial charge in [-0.1, -0.05) is 6.07 Å². The van der Waals surface area contributed by atoms with E-state index in [0.29, 0.717) is 11.4 Å². The molecule has 2 unspecified atom stereocenters. The van der Waals surface area contributed by atoms with Crippen LogP contribution in [-0.2, 0) is 10.6 Å². The Morgan fingerprint density at radius 3 is 3.05 bits per heavy atom. The molecule has 0 N–H and O–H groups in total. The van der Waals surface area contributed by atoms with E-state index in [4.69, 9.17) is 21.6 Å². The van der Waals surface area contributed by atoms with E-state index in [0.717, 1.165) is 29.9 Å². The summed E-state index contributed by atoms with van der Waals surface area (Å²) in [4.78, 5) is 4.53. The molecule has 2 aromatic rings. The van der Waals surface area contributed by atoms with Crippen molar-refractivity contribution in [1.29, 1.82) is 5.26 Å². The Bertz CT molecular complexity index is 658. The Labute approximate surface area is 116 Å². The first-order valence-electron chi connectivity index (χ1n) is 6.33. The first-order valence-corrected chi connectivity index (χ1v) is 6.87. The van der Waals surface area contributed by atoms with Gasteiger partial charge in [0.1, 0.15) is 17.4 Å². The van der Waals surface area contributed by atoms with Crippen LogP contribution in [0.15, 0.2) is 18.2 Å². The van der Waals surface area contributed by atoms with Crippen molar-refractivity contribution in [3.63, 3.8) is 0 Å². The van der Waals surface area contributed by atoms with Gasteiger partial charge in [-0.3, -0.25) is 0 Å². The average molecular weight is 276 g/mol. The second-order valence-corrected chi connectivity index (χ2v) is 5.02. The molecule has 1 aliphatic rings. The van der Waals surface area contributed by atoms with Gasteiger partial charge in [-0.15, -0.1) is 11.6 Å². The molecule has 2 atom stereocenters. The number of para-hydroxylation sites is 1. The average Bonchev–Trinajstić information content (AvgIpc) is 3.00. The smallest absolute Gasteiger partial charge is 0.125 e. The maximum absolute atomic E-state index is 9.17. The lowest BCUT2D eigenvalue weighted by Crippen LogP contribution is -2.18. The standard InChI is InChI=1S/C14H14ClN3O/c1-9-11(5-6-19-9)18-12-4-2-3-10(8-16)14(12)17-13(18)7-15/h2-4,9,11H,5-7H2,1H3. The fourth-order valence-corrected chi connectivity index (χ4v) is 2.97. The molecular weight excluding hydrogens is 262 g/mol. The highest BCUT2D eigenvalue weighted by molar-refractivity contribution is 6.16. The van der Waals surface area contributed by atoms with Gasteiger partial charge in [0.25, 0.3) is 0 Å². The number of rotatable bonds is 2. The van der Waals surface area contributed by atoms with Crippen molar-refractivity contribution in [1.82, 2.24) is 9.55 Å². The van der Waals surface area contributed by atoms with Gasteiger partial charge in [-0.05, 0) is 25.5 Å². The van der Waals surface area contributed by atoms with Gasteiger partial charge in [-0.2, -0.15) is 5.26 Å². The molecule has 1 fully saturated rings. The molecule has 4 nitrogen and oxygen atoms in total. The number of ether oxygens (including phenoxy) is 1. The lowest BCUT2D eigenvalue weighted by atomic mass is 10.1. The van der Waals surface area contributed by atoms with Gasteiger partial charge < -0.3 is 9.30 Å². The van der Waals surface area contributed by atoms with Crippen molar-refractivity contribution < 1.29 is 4.74 Å². The summed E-state index contributed by atoms with van der Waals surface area (Å²) in [5.41, 5.74) is 2.30. The second kappa shape index (κ2) is 4.84.